The van der Waals surface area contributed by atoms with Crippen molar-refractivity contribution in [2.24, 2.45) is 5.92 Å². The van der Waals surface area contributed by atoms with E-state index in [0.29, 0.717) is 29.3 Å². The van der Waals surface area contributed by atoms with Crippen LogP contribution in [0.25, 0.3) is 0 Å². The van der Waals surface area contributed by atoms with Crippen LogP contribution in [-0.2, 0) is 16.1 Å². The first kappa shape index (κ1) is 24.2. The van der Waals surface area contributed by atoms with Crippen LogP contribution >= 0.6 is 0 Å². The first-order valence-corrected chi connectivity index (χ1v) is 12.1. The number of anilines is 1. The smallest absolute Gasteiger partial charge is 0.293 e. The normalized spacial score (nSPS) is 17.6. The summed E-state index contributed by atoms with van der Waals surface area (Å²) < 4.78 is 1.69. The van der Waals surface area contributed by atoms with Gasteiger partial charge in [-0.1, -0.05) is 67.6 Å². The molecular weight excluding hydrogens is 468 g/mol. The molecule has 1 saturated heterocycles. The molecule has 1 fully saturated rings. The Hall–Kier alpha value is -4.53. The molecule has 2 aromatic carbocycles. The molecule has 0 N–H and O–H groups in total. The van der Waals surface area contributed by atoms with Gasteiger partial charge in [0.25, 0.3) is 5.91 Å². The van der Waals surface area contributed by atoms with Gasteiger partial charge < -0.3 is 0 Å². The fourth-order valence-corrected chi connectivity index (χ4v) is 4.58. The zero-order chi connectivity index (χ0) is 26.1. The van der Waals surface area contributed by atoms with Crippen LogP contribution in [0, 0.1) is 12.8 Å². The molecule has 2 aromatic heterocycles. The van der Waals surface area contributed by atoms with Crippen LogP contribution in [0.1, 0.15) is 58.5 Å². The van der Waals surface area contributed by atoms with Crippen molar-refractivity contribution in [1.29, 1.82) is 0 Å². The van der Waals surface area contributed by atoms with E-state index >= 15 is 0 Å². The highest BCUT2D eigenvalue weighted by atomic mass is 16.2. The van der Waals surface area contributed by atoms with Gasteiger partial charge in [0.15, 0.2) is 11.6 Å². The second-order valence-corrected chi connectivity index (χ2v) is 9.48. The Balaban J connectivity index is 1.55. The number of benzene rings is 2. The van der Waals surface area contributed by atoms with E-state index in [9.17, 15) is 14.4 Å². The van der Waals surface area contributed by atoms with Crippen molar-refractivity contribution in [3.63, 3.8) is 0 Å². The standard InChI is InChI=1S/C28H26N6O3/c1-17(2)20-9-11-22(12-10-20)26(35)24-25(21-7-5-19(6-8-21)16-33-15-14-29-32-33)34(28(37)27(24)36)23-13-4-18(3)30-31-23/h4-15,17,24-25H,16H2,1-3H3. The second kappa shape index (κ2) is 9.85. The summed E-state index contributed by atoms with van der Waals surface area (Å²) in [6, 6.07) is 17.2. The van der Waals surface area contributed by atoms with E-state index in [-0.39, 0.29) is 5.82 Å². The summed E-state index contributed by atoms with van der Waals surface area (Å²) in [5, 5.41) is 16.0. The number of ketones is 2. The number of amides is 1. The topological polar surface area (TPSA) is 111 Å². The van der Waals surface area contributed by atoms with Crippen LogP contribution in [0.4, 0.5) is 5.82 Å². The van der Waals surface area contributed by atoms with Crippen molar-refractivity contribution < 1.29 is 14.4 Å². The molecule has 186 valence electrons. The Bertz CT molecular complexity index is 1430. The Kier molecular flexibility index (Phi) is 6.43. The predicted molar refractivity (Wildman–Crippen MR) is 136 cm³/mol. The van der Waals surface area contributed by atoms with Gasteiger partial charge in [-0.15, -0.1) is 10.2 Å². The molecule has 3 heterocycles. The summed E-state index contributed by atoms with van der Waals surface area (Å²) in [7, 11) is 0. The molecule has 4 aromatic rings. The highest BCUT2D eigenvalue weighted by molar-refractivity contribution is 6.48. The second-order valence-electron chi connectivity index (χ2n) is 9.48. The number of aromatic nitrogens is 5. The number of aryl methyl sites for hydroxylation is 1. The zero-order valence-electron chi connectivity index (χ0n) is 20.8. The van der Waals surface area contributed by atoms with E-state index < -0.39 is 29.4 Å². The van der Waals surface area contributed by atoms with E-state index in [1.54, 1.807) is 48.3 Å². The highest BCUT2D eigenvalue weighted by Crippen LogP contribution is 2.40. The summed E-state index contributed by atoms with van der Waals surface area (Å²) in [6.45, 7) is 6.44. The van der Waals surface area contributed by atoms with Crippen LogP contribution in [0.5, 0.6) is 0 Å². The highest BCUT2D eigenvalue weighted by Gasteiger charge is 2.52. The summed E-state index contributed by atoms with van der Waals surface area (Å²) >= 11 is 0. The van der Waals surface area contributed by atoms with Gasteiger partial charge in [-0.3, -0.25) is 19.3 Å². The van der Waals surface area contributed by atoms with Gasteiger partial charge in [-0.25, -0.2) is 4.68 Å². The number of Topliss-reactive ketones (excluding diaryl/α,β-unsaturated/α-hetero) is 2. The lowest BCUT2D eigenvalue weighted by Crippen LogP contribution is -2.31. The van der Waals surface area contributed by atoms with Crippen molar-refractivity contribution in [2.45, 2.75) is 39.3 Å². The minimum atomic E-state index is -1.21. The van der Waals surface area contributed by atoms with Gasteiger partial charge >= 0.3 is 0 Å². The minimum Gasteiger partial charge on any atom is -0.293 e. The number of carbonyl (C=O) groups is 3. The van der Waals surface area contributed by atoms with Crippen LogP contribution in [0.3, 0.4) is 0 Å². The average molecular weight is 495 g/mol. The average Bonchev–Trinajstić information content (AvgIpc) is 3.51. The van der Waals surface area contributed by atoms with Gasteiger partial charge in [0.1, 0.15) is 5.92 Å². The van der Waals surface area contributed by atoms with E-state index in [1.807, 2.05) is 36.4 Å². The van der Waals surface area contributed by atoms with Crippen molar-refractivity contribution in [3.05, 3.63) is 101 Å². The number of hydrogen-bond donors (Lipinski definition) is 0. The summed E-state index contributed by atoms with van der Waals surface area (Å²) in [6.07, 6.45) is 3.37. The monoisotopic (exact) mass is 494 g/mol. The third-order valence-electron chi connectivity index (χ3n) is 6.62. The molecule has 0 saturated carbocycles. The maximum Gasteiger partial charge on any atom is 0.297 e. The summed E-state index contributed by atoms with van der Waals surface area (Å²) in [4.78, 5) is 41.6. The Morgan fingerprint density at radius 1 is 0.946 bits per heavy atom. The van der Waals surface area contributed by atoms with E-state index in [4.69, 9.17) is 0 Å². The molecule has 0 bridgehead atoms. The molecule has 0 aliphatic carbocycles. The predicted octanol–water partition coefficient (Wildman–Crippen LogP) is 3.70. The summed E-state index contributed by atoms with van der Waals surface area (Å²) in [5.74, 6) is -2.59. The van der Waals surface area contributed by atoms with Crippen molar-refractivity contribution in [2.75, 3.05) is 4.90 Å². The van der Waals surface area contributed by atoms with Gasteiger partial charge in [-0.05, 0) is 41.7 Å². The maximum absolute atomic E-state index is 13.7. The minimum absolute atomic E-state index is 0.228. The van der Waals surface area contributed by atoms with E-state index in [2.05, 4.69) is 34.4 Å². The molecule has 2 atom stereocenters. The maximum atomic E-state index is 13.7. The van der Waals surface area contributed by atoms with Crippen molar-refractivity contribution in [1.82, 2.24) is 25.2 Å². The number of nitrogens with zero attached hydrogens (tertiary/aromatic N) is 6. The van der Waals surface area contributed by atoms with Gasteiger partial charge in [0, 0.05) is 11.8 Å². The molecule has 5 rings (SSSR count). The first-order chi connectivity index (χ1) is 17.8. The van der Waals surface area contributed by atoms with Gasteiger partial charge in [0.2, 0.25) is 5.78 Å². The Morgan fingerprint density at radius 2 is 1.68 bits per heavy atom. The van der Waals surface area contributed by atoms with Crippen LogP contribution in [0.2, 0.25) is 0 Å². The lowest BCUT2D eigenvalue weighted by atomic mass is 9.85. The number of rotatable bonds is 7. The third-order valence-corrected chi connectivity index (χ3v) is 6.62. The lowest BCUT2D eigenvalue weighted by Gasteiger charge is -2.26. The molecule has 0 radical (unpaired) electrons. The largest absolute Gasteiger partial charge is 0.297 e. The Morgan fingerprint density at radius 3 is 2.27 bits per heavy atom. The molecule has 1 aliphatic heterocycles. The quantitative estimate of drug-likeness (QED) is 0.219. The SMILES string of the molecule is Cc1ccc(N2C(=O)C(=O)C(C(=O)c3ccc(C(C)C)cc3)C2c2ccc(Cn3ccnn3)cc2)nn1. The molecule has 0 spiro atoms. The van der Waals surface area contributed by atoms with E-state index in [1.165, 1.54) is 4.90 Å². The molecule has 37 heavy (non-hydrogen) atoms. The number of carbonyl (C=O) groups excluding carboxylic acids is 3. The zero-order valence-corrected chi connectivity index (χ0v) is 20.8. The first-order valence-electron chi connectivity index (χ1n) is 12.1. The molecule has 9 heteroatoms. The fraction of sp³-hybridized carbons (Fsp3) is 0.250. The van der Waals surface area contributed by atoms with E-state index in [0.717, 1.165) is 11.1 Å². The number of hydrogen-bond acceptors (Lipinski definition) is 7. The van der Waals surface area contributed by atoms with Crippen LogP contribution in [-0.4, -0.2) is 42.7 Å². The molecule has 1 amide bonds. The molecule has 2 unspecified atom stereocenters. The lowest BCUT2D eigenvalue weighted by molar-refractivity contribution is -0.135. The fourth-order valence-electron chi connectivity index (χ4n) is 4.58. The van der Waals surface area contributed by atoms with Crippen LogP contribution in [0.15, 0.2) is 73.1 Å². The van der Waals surface area contributed by atoms with Crippen LogP contribution < -0.4 is 4.90 Å². The van der Waals surface area contributed by atoms with Crippen molar-refractivity contribution >= 4 is 23.3 Å². The Labute approximate surface area is 214 Å². The summed E-state index contributed by atoms with van der Waals surface area (Å²) in [5.41, 5.74) is 3.76. The van der Waals surface area contributed by atoms with Crippen molar-refractivity contribution in [3.8, 4) is 0 Å². The molecule has 9 nitrogen and oxygen atoms in total. The van der Waals surface area contributed by atoms with Gasteiger partial charge in [0.05, 0.1) is 24.5 Å². The molecule has 1 aliphatic rings. The van der Waals surface area contributed by atoms with Gasteiger partial charge in [-0.2, -0.15) is 5.10 Å². The molecular formula is C28H26N6O3. The third kappa shape index (κ3) is 4.67.